The second-order valence-corrected chi connectivity index (χ2v) is 12.6. The zero-order valence-electron chi connectivity index (χ0n) is 23.3. The van der Waals surface area contributed by atoms with Crippen molar-refractivity contribution in [3.05, 3.63) is 93.5 Å². The molecule has 0 spiro atoms. The molecule has 0 bridgehead atoms. The van der Waals surface area contributed by atoms with Gasteiger partial charge < -0.3 is 10.2 Å². The minimum atomic E-state index is -4.12. The molecule has 0 aliphatic heterocycles. The Labute approximate surface area is 247 Å². The third-order valence-electron chi connectivity index (χ3n) is 6.61. The molecule has 0 radical (unpaired) electrons. The SMILES string of the molecule is CCC(C)NC(=O)C(C)N(Cc1ccc(Cl)c(Cl)c1)C(=O)CN(c1cc(C)cc(C)c1)S(=O)(=O)c1ccccc1. The molecular formula is C30H35Cl2N3O4S. The summed E-state index contributed by atoms with van der Waals surface area (Å²) in [6, 6.07) is 17.3. The lowest BCUT2D eigenvalue weighted by atomic mass is 10.1. The monoisotopic (exact) mass is 603 g/mol. The first kappa shape index (κ1) is 31.5. The van der Waals surface area contributed by atoms with Gasteiger partial charge in [-0.05, 0) is 87.2 Å². The number of carbonyl (C=O) groups is 2. The fraction of sp³-hybridized carbons (Fsp3) is 0.333. The number of anilines is 1. The summed E-state index contributed by atoms with van der Waals surface area (Å²) in [6.07, 6.45) is 0.717. The van der Waals surface area contributed by atoms with E-state index in [0.717, 1.165) is 21.9 Å². The maximum Gasteiger partial charge on any atom is 0.264 e. The van der Waals surface area contributed by atoms with Crippen LogP contribution in [0.25, 0.3) is 0 Å². The van der Waals surface area contributed by atoms with E-state index in [1.54, 1.807) is 55.5 Å². The summed E-state index contributed by atoms with van der Waals surface area (Å²) in [5.41, 5.74) is 2.71. The molecule has 3 aromatic carbocycles. The molecule has 0 saturated heterocycles. The van der Waals surface area contributed by atoms with Crippen molar-refractivity contribution >= 4 is 50.7 Å². The topological polar surface area (TPSA) is 86.8 Å². The van der Waals surface area contributed by atoms with Crippen LogP contribution in [0.15, 0.2) is 71.6 Å². The van der Waals surface area contributed by atoms with Crippen molar-refractivity contribution in [2.75, 3.05) is 10.8 Å². The van der Waals surface area contributed by atoms with Crippen molar-refractivity contribution in [1.82, 2.24) is 10.2 Å². The Morgan fingerprint density at radius 2 is 1.52 bits per heavy atom. The maximum absolute atomic E-state index is 14.0. The Morgan fingerprint density at radius 3 is 2.10 bits per heavy atom. The van der Waals surface area contributed by atoms with Crippen molar-refractivity contribution in [3.8, 4) is 0 Å². The van der Waals surface area contributed by atoms with Crippen molar-refractivity contribution in [3.63, 3.8) is 0 Å². The highest BCUT2D eigenvalue weighted by atomic mass is 35.5. The average molecular weight is 605 g/mol. The quantitative estimate of drug-likeness (QED) is 0.285. The number of hydrogen-bond acceptors (Lipinski definition) is 4. The van der Waals surface area contributed by atoms with E-state index in [0.29, 0.717) is 21.3 Å². The number of halogens is 2. The molecule has 2 atom stereocenters. The first-order valence-electron chi connectivity index (χ1n) is 13.0. The molecule has 214 valence electrons. The van der Waals surface area contributed by atoms with Gasteiger partial charge in [0.25, 0.3) is 10.0 Å². The first-order chi connectivity index (χ1) is 18.8. The van der Waals surface area contributed by atoms with E-state index < -0.39 is 28.5 Å². The zero-order valence-corrected chi connectivity index (χ0v) is 25.6. The lowest BCUT2D eigenvalue weighted by Crippen LogP contribution is -2.52. The van der Waals surface area contributed by atoms with Crippen LogP contribution in [0.3, 0.4) is 0 Å². The number of amides is 2. The maximum atomic E-state index is 14.0. The van der Waals surface area contributed by atoms with Crippen LogP contribution in [0.2, 0.25) is 10.0 Å². The van der Waals surface area contributed by atoms with Gasteiger partial charge in [0, 0.05) is 12.6 Å². The second kappa shape index (κ2) is 13.5. The predicted molar refractivity (Wildman–Crippen MR) is 161 cm³/mol. The van der Waals surface area contributed by atoms with Gasteiger partial charge in [0.2, 0.25) is 11.8 Å². The summed E-state index contributed by atoms with van der Waals surface area (Å²) in [6.45, 7) is 8.70. The summed E-state index contributed by atoms with van der Waals surface area (Å²) in [7, 11) is -4.12. The van der Waals surface area contributed by atoms with E-state index in [4.69, 9.17) is 23.2 Å². The Kier molecular flexibility index (Phi) is 10.6. The number of carbonyl (C=O) groups excluding carboxylic acids is 2. The number of nitrogens with zero attached hydrogens (tertiary/aromatic N) is 2. The third-order valence-corrected chi connectivity index (χ3v) is 9.14. The fourth-order valence-electron chi connectivity index (χ4n) is 4.23. The van der Waals surface area contributed by atoms with E-state index in [-0.39, 0.29) is 23.4 Å². The Morgan fingerprint density at radius 1 is 0.900 bits per heavy atom. The smallest absolute Gasteiger partial charge is 0.264 e. The van der Waals surface area contributed by atoms with Crippen LogP contribution in [0, 0.1) is 13.8 Å². The van der Waals surface area contributed by atoms with Gasteiger partial charge in [-0.15, -0.1) is 0 Å². The molecule has 0 saturated carbocycles. The van der Waals surface area contributed by atoms with Gasteiger partial charge in [0.05, 0.1) is 20.6 Å². The number of aryl methyl sites for hydroxylation is 2. The molecule has 0 aromatic heterocycles. The van der Waals surface area contributed by atoms with Gasteiger partial charge in [0.15, 0.2) is 0 Å². The minimum Gasteiger partial charge on any atom is -0.352 e. The molecule has 0 heterocycles. The summed E-state index contributed by atoms with van der Waals surface area (Å²) >= 11 is 12.3. The molecule has 3 aromatic rings. The predicted octanol–water partition coefficient (Wildman–Crippen LogP) is 6.14. The molecule has 10 heteroatoms. The second-order valence-electron chi connectivity index (χ2n) is 9.93. The van der Waals surface area contributed by atoms with Gasteiger partial charge in [-0.3, -0.25) is 13.9 Å². The highest BCUT2D eigenvalue weighted by Gasteiger charge is 2.33. The summed E-state index contributed by atoms with van der Waals surface area (Å²) in [4.78, 5) is 28.6. The van der Waals surface area contributed by atoms with Crippen LogP contribution in [0.1, 0.15) is 43.9 Å². The van der Waals surface area contributed by atoms with Gasteiger partial charge in [-0.1, -0.05) is 60.5 Å². The summed E-state index contributed by atoms with van der Waals surface area (Å²) < 4.78 is 28.9. The number of sulfonamides is 1. The van der Waals surface area contributed by atoms with Gasteiger partial charge in [0.1, 0.15) is 12.6 Å². The molecule has 0 aliphatic rings. The average Bonchev–Trinajstić information content (AvgIpc) is 2.91. The van der Waals surface area contributed by atoms with Crippen molar-refractivity contribution in [2.45, 2.75) is 64.6 Å². The number of rotatable bonds is 11. The van der Waals surface area contributed by atoms with Crippen molar-refractivity contribution in [2.24, 2.45) is 0 Å². The van der Waals surface area contributed by atoms with Crippen LogP contribution in [-0.2, 0) is 26.2 Å². The highest BCUT2D eigenvalue weighted by molar-refractivity contribution is 7.92. The van der Waals surface area contributed by atoms with Crippen LogP contribution >= 0.6 is 23.2 Å². The van der Waals surface area contributed by atoms with Gasteiger partial charge in [-0.25, -0.2) is 8.42 Å². The van der Waals surface area contributed by atoms with Crippen LogP contribution in [0.4, 0.5) is 5.69 Å². The normalized spacial score (nSPS) is 12.9. The van der Waals surface area contributed by atoms with Crippen LogP contribution in [0.5, 0.6) is 0 Å². The van der Waals surface area contributed by atoms with Gasteiger partial charge >= 0.3 is 0 Å². The molecule has 3 rings (SSSR count). The van der Waals surface area contributed by atoms with E-state index in [1.807, 2.05) is 33.8 Å². The lowest BCUT2D eigenvalue weighted by Gasteiger charge is -2.32. The summed E-state index contributed by atoms with van der Waals surface area (Å²) in [5.74, 6) is -0.886. The Hall–Kier alpha value is -3.07. The number of benzene rings is 3. The lowest BCUT2D eigenvalue weighted by molar-refractivity contribution is -0.139. The number of hydrogen-bond donors (Lipinski definition) is 1. The first-order valence-corrected chi connectivity index (χ1v) is 15.2. The number of nitrogens with one attached hydrogen (secondary N) is 1. The fourth-order valence-corrected chi connectivity index (χ4v) is 5.97. The molecule has 0 aliphatic carbocycles. The molecule has 2 unspecified atom stereocenters. The molecule has 7 nitrogen and oxygen atoms in total. The zero-order chi connectivity index (χ0) is 29.6. The third kappa shape index (κ3) is 7.77. The van der Waals surface area contributed by atoms with Crippen LogP contribution < -0.4 is 9.62 Å². The van der Waals surface area contributed by atoms with E-state index in [9.17, 15) is 18.0 Å². The molecular weight excluding hydrogens is 569 g/mol. The van der Waals surface area contributed by atoms with E-state index >= 15 is 0 Å². The molecule has 40 heavy (non-hydrogen) atoms. The van der Waals surface area contributed by atoms with Crippen LogP contribution in [-0.4, -0.2) is 43.8 Å². The minimum absolute atomic E-state index is 0.0247. The molecule has 0 fully saturated rings. The summed E-state index contributed by atoms with van der Waals surface area (Å²) in [5, 5.41) is 3.59. The Bertz CT molecular complexity index is 1440. The van der Waals surface area contributed by atoms with Crippen molar-refractivity contribution < 1.29 is 18.0 Å². The largest absolute Gasteiger partial charge is 0.352 e. The Balaban J connectivity index is 2.06. The van der Waals surface area contributed by atoms with E-state index in [1.165, 1.54) is 17.0 Å². The standard InChI is InChI=1S/C30H35Cl2N3O4S/c1-6-22(4)33-30(37)23(5)34(18-24-12-13-27(31)28(32)17-24)29(36)19-35(25-15-20(2)14-21(3)16-25)40(38,39)26-10-8-7-9-11-26/h7-17,22-23H,6,18-19H2,1-5H3,(H,33,37). The molecule has 1 N–H and O–H groups in total. The van der Waals surface area contributed by atoms with Gasteiger partial charge in [-0.2, -0.15) is 0 Å². The highest BCUT2D eigenvalue weighted by Crippen LogP contribution is 2.27. The van der Waals surface area contributed by atoms with Crippen molar-refractivity contribution in [1.29, 1.82) is 0 Å². The van der Waals surface area contributed by atoms with E-state index in [2.05, 4.69) is 5.32 Å². The molecule has 2 amide bonds.